The van der Waals surface area contributed by atoms with Crippen LogP contribution < -0.4 is 0 Å². The van der Waals surface area contributed by atoms with Crippen LogP contribution in [0.15, 0.2) is 48.5 Å². The first-order valence-electron chi connectivity index (χ1n) is 7.54. The Bertz CT molecular complexity index is 928. The van der Waals surface area contributed by atoms with Crippen LogP contribution in [0.25, 0.3) is 27.8 Å². The van der Waals surface area contributed by atoms with E-state index in [0.29, 0.717) is 5.02 Å². The second kappa shape index (κ2) is 6.05. The largest absolute Gasteiger partial charge is 0.508 e. The van der Waals surface area contributed by atoms with Crippen molar-refractivity contribution in [2.75, 3.05) is 0 Å². The summed E-state index contributed by atoms with van der Waals surface area (Å²) in [6, 6.07) is 13.6. The van der Waals surface area contributed by atoms with Crippen LogP contribution in [-0.4, -0.2) is 10.1 Å². The molecule has 1 heterocycles. The molecule has 3 heteroatoms. The number of aliphatic hydroxyl groups excluding tert-OH is 1. The zero-order valence-electron chi connectivity index (χ0n) is 13.4. The Morgan fingerprint density at radius 3 is 2.57 bits per heavy atom. The van der Waals surface area contributed by atoms with Crippen LogP contribution in [-0.2, 0) is 0 Å². The van der Waals surface area contributed by atoms with Crippen molar-refractivity contribution < 1.29 is 5.11 Å². The van der Waals surface area contributed by atoms with Gasteiger partial charge < -0.3 is 5.11 Å². The molecule has 1 N–H and O–H groups in total. The summed E-state index contributed by atoms with van der Waals surface area (Å²) in [4.78, 5) is 4.67. The summed E-state index contributed by atoms with van der Waals surface area (Å²) in [5, 5.41) is 11.7. The van der Waals surface area contributed by atoms with Crippen LogP contribution >= 0.6 is 11.6 Å². The van der Waals surface area contributed by atoms with E-state index in [2.05, 4.69) is 11.9 Å². The fourth-order valence-electron chi connectivity index (χ4n) is 2.82. The molecule has 2 aromatic carbocycles. The van der Waals surface area contributed by atoms with E-state index in [0.717, 1.165) is 38.9 Å². The summed E-state index contributed by atoms with van der Waals surface area (Å²) in [6.45, 7) is 5.88. The highest BCUT2D eigenvalue weighted by molar-refractivity contribution is 6.33. The molecule has 0 saturated heterocycles. The van der Waals surface area contributed by atoms with Crippen molar-refractivity contribution in [3.05, 3.63) is 70.4 Å². The molecule has 0 aliphatic heterocycles. The molecule has 0 spiro atoms. The molecule has 2 nitrogen and oxygen atoms in total. The number of aryl methyl sites for hydroxylation is 1. The van der Waals surface area contributed by atoms with Gasteiger partial charge in [0, 0.05) is 27.2 Å². The van der Waals surface area contributed by atoms with E-state index in [4.69, 9.17) is 11.6 Å². The number of allylic oxidation sites excluding steroid dienone is 1. The summed E-state index contributed by atoms with van der Waals surface area (Å²) >= 11 is 6.43. The molecule has 0 fully saturated rings. The monoisotopic (exact) mass is 323 g/mol. The molecular weight excluding hydrogens is 306 g/mol. The van der Waals surface area contributed by atoms with Crippen LogP contribution in [0, 0.1) is 13.8 Å². The first-order chi connectivity index (χ1) is 11.0. The van der Waals surface area contributed by atoms with Crippen molar-refractivity contribution in [1.29, 1.82) is 0 Å². The number of hydrogen-bond donors (Lipinski definition) is 1. The van der Waals surface area contributed by atoms with Gasteiger partial charge in [-0.25, -0.2) is 0 Å². The van der Waals surface area contributed by atoms with Crippen LogP contribution in [0.3, 0.4) is 0 Å². The second-order valence-electron chi connectivity index (χ2n) is 5.58. The summed E-state index contributed by atoms with van der Waals surface area (Å²) in [6.07, 6.45) is 1.69. The Morgan fingerprint density at radius 2 is 1.87 bits per heavy atom. The number of hydrogen-bond acceptors (Lipinski definition) is 2. The van der Waals surface area contributed by atoms with Gasteiger partial charge in [-0.2, -0.15) is 0 Å². The minimum absolute atomic E-state index is 0.259. The number of benzene rings is 2. The lowest BCUT2D eigenvalue weighted by Crippen LogP contribution is -1.96. The Balaban J connectivity index is 2.43. The zero-order valence-corrected chi connectivity index (χ0v) is 14.1. The predicted molar refractivity (Wildman–Crippen MR) is 97.9 cm³/mol. The third-order valence-electron chi connectivity index (χ3n) is 4.18. The lowest BCUT2D eigenvalue weighted by molar-refractivity contribution is 0.511. The summed E-state index contributed by atoms with van der Waals surface area (Å²) in [5.74, 6) is 0.259. The Kier molecular flexibility index (Phi) is 4.10. The second-order valence-corrected chi connectivity index (χ2v) is 5.99. The minimum atomic E-state index is 0.259. The molecule has 116 valence electrons. The van der Waals surface area contributed by atoms with Crippen LogP contribution in [0.5, 0.6) is 0 Å². The quantitative estimate of drug-likeness (QED) is 0.579. The molecule has 0 bridgehead atoms. The van der Waals surface area contributed by atoms with Gasteiger partial charge >= 0.3 is 0 Å². The first kappa shape index (κ1) is 15.6. The highest BCUT2D eigenvalue weighted by Crippen LogP contribution is 2.37. The number of rotatable bonds is 2. The fourth-order valence-corrected chi connectivity index (χ4v) is 3.05. The van der Waals surface area contributed by atoms with Crippen LogP contribution in [0.2, 0.25) is 5.02 Å². The third kappa shape index (κ3) is 2.71. The molecule has 0 atom stereocenters. The number of aliphatic hydroxyl groups is 1. The maximum atomic E-state index is 10.0. The summed E-state index contributed by atoms with van der Waals surface area (Å²) < 4.78 is 0. The fraction of sp³-hybridized carbons (Fsp3) is 0.150. The number of fused-ring (bicyclic) bond motifs is 1. The smallest absolute Gasteiger partial charge is 0.118 e. The lowest BCUT2D eigenvalue weighted by atomic mass is 9.94. The van der Waals surface area contributed by atoms with Gasteiger partial charge in [0.1, 0.15) is 5.76 Å². The zero-order chi connectivity index (χ0) is 16.6. The molecule has 0 aliphatic rings. The normalized spacial score (nSPS) is 11.9. The Hall–Kier alpha value is -2.32. The van der Waals surface area contributed by atoms with Gasteiger partial charge in [0.05, 0.1) is 5.52 Å². The van der Waals surface area contributed by atoms with Gasteiger partial charge in [-0.3, -0.25) is 4.98 Å². The van der Waals surface area contributed by atoms with Crippen molar-refractivity contribution in [2.45, 2.75) is 20.8 Å². The highest BCUT2D eigenvalue weighted by atomic mass is 35.5. The van der Waals surface area contributed by atoms with Crippen LogP contribution in [0.1, 0.15) is 23.7 Å². The van der Waals surface area contributed by atoms with Crippen molar-refractivity contribution >= 4 is 28.3 Å². The molecule has 3 rings (SSSR count). The van der Waals surface area contributed by atoms with Crippen molar-refractivity contribution in [3.63, 3.8) is 0 Å². The van der Waals surface area contributed by atoms with Gasteiger partial charge in [-0.15, -0.1) is 0 Å². The van der Waals surface area contributed by atoms with E-state index >= 15 is 0 Å². The van der Waals surface area contributed by atoms with E-state index in [1.54, 1.807) is 6.08 Å². The maximum absolute atomic E-state index is 10.0. The van der Waals surface area contributed by atoms with E-state index in [9.17, 15) is 5.11 Å². The van der Waals surface area contributed by atoms with E-state index in [1.807, 2.05) is 56.3 Å². The van der Waals surface area contributed by atoms with Gasteiger partial charge in [0.25, 0.3) is 0 Å². The molecule has 0 amide bonds. The van der Waals surface area contributed by atoms with Gasteiger partial charge in [0.15, 0.2) is 0 Å². The molecular formula is C20H18ClNO. The number of nitrogens with zero attached hydrogens (tertiary/aromatic N) is 1. The van der Waals surface area contributed by atoms with E-state index in [-0.39, 0.29) is 5.76 Å². The van der Waals surface area contributed by atoms with E-state index < -0.39 is 0 Å². The summed E-state index contributed by atoms with van der Waals surface area (Å²) in [5.41, 5.74) is 5.82. The van der Waals surface area contributed by atoms with Gasteiger partial charge in [-0.1, -0.05) is 29.8 Å². The first-order valence-corrected chi connectivity index (χ1v) is 7.92. The molecule has 0 radical (unpaired) electrons. The molecule has 0 unspecified atom stereocenters. The van der Waals surface area contributed by atoms with Crippen molar-refractivity contribution in [3.8, 4) is 11.1 Å². The average molecular weight is 324 g/mol. The molecule has 3 aromatic rings. The number of halogens is 1. The molecule has 0 saturated carbocycles. The highest BCUT2D eigenvalue weighted by Gasteiger charge is 2.14. The van der Waals surface area contributed by atoms with Gasteiger partial charge in [-0.05, 0) is 62.2 Å². The van der Waals surface area contributed by atoms with Gasteiger partial charge in [0.2, 0.25) is 0 Å². The SMILES string of the molecule is CC=C(O)c1ccc2nc(C)c(C)c(-c3ccccc3Cl)c2c1. The molecule has 23 heavy (non-hydrogen) atoms. The number of pyridine rings is 1. The average Bonchev–Trinajstić information content (AvgIpc) is 2.56. The maximum Gasteiger partial charge on any atom is 0.118 e. The Morgan fingerprint density at radius 1 is 1.13 bits per heavy atom. The lowest BCUT2D eigenvalue weighted by Gasteiger charge is -2.15. The standard InChI is InChI=1S/C20H18ClNO/c1-4-19(23)14-9-10-18-16(11-14)20(12(2)13(3)22-18)15-7-5-6-8-17(15)21/h4-11,23H,1-3H3. The van der Waals surface area contributed by atoms with Crippen LogP contribution in [0.4, 0.5) is 0 Å². The minimum Gasteiger partial charge on any atom is -0.508 e. The third-order valence-corrected chi connectivity index (χ3v) is 4.51. The Labute approximate surface area is 141 Å². The van der Waals surface area contributed by atoms with E-state index in [1.165, 1.54) is 0 Å². The predicted octanol–water partition coefficient (Wildman–Crippen LogP) is 6.09. The molecule has 0 aliphatic carbocycles. The van der Waals surface area contributed by atoms with Crippen molar-refractivity contribution in [2.24, 2.45) is 0 Å². The molecule has 1 aromatic heterocycles. The number of aromatic nitrogens is 1. The topological polar surface area (TPSA) is 33.1 Å². The summed E-state index contributed by atoms with van der Waals surface area (Å²) in [7, 11) is 0. The van der Waals surface area contributed by atoms with Crippen molar-refractivity contribution in [1.82, 2.24) is 4.98 Å².